The largest absolute Gasteiger partial charge is 0.465 e. The highest BCUT2D eigenvalue weighted by Gasteiger charge is 2.40. The van der Waals surface area contributed by atoms with Crippen LogP contribution in [0.5, 0.6) is 0 Å². The molecule has 2 aliphatic rings. The molecule has 0 saturated heterocycles. The molecule has 23 heavy (non-hydrogen) atoms. The van der Waals surface area contributed by atoms with Gasteiger partial charge < -0.3 is 14.1 Å². The van der Waals surface area contributed by atoms with Gasteiger partial charge in [-0.1, -0.05) is 6.42 Å². The van der Waals surface area contributed by atoms with Gasteiger partial charge >= 0.3 is 5.97 Å². The first-order valence-corrected chi connectivity index (χ1v) is 8.39. The number of nitrogens with zero attached hydrogens (tertiary/aromatic N) is 1. The van der Waals surface area contributed by atoms with Gasteiger partial charge in [-0.25, -0.2) is 4.79 Å². The van der Waals surface area contributed by atoms with Crippen LogP contribution < -0.4 is 0 Å². The summed E-state index contributed by atoms with van der Waals surface area (Å²) in [5.74, 6) is 3.08. The number of esters is 1. The summed E-state index contributed by atoms with van der Waals surface area (Å²) in [5, 5.41) is 0. The normalized spacial score (nSPS) is 25.6. The summed E-state index contributed by atoms with van der Waals surface area (Å²) >= 11 is 0. The van der Waals surface area contributed by atoms with E-state index in [1.54, 1.807) is 24.9 Å². The standard InChI is InChI=1S/C18H25NO4/c1-11-16(18(21)22-3)9-15(23-11)10-19(2)17(20)8-14-7-12-4-5-13(14)6-12/h9,12-14H,4-8,10H2,1-3H3. The third-order valence-corrected chi connectivity index (χ3v) is 5.51. The van der Waals surface area contributed by atoms with Crippen molar-refractivity contribution in [1.82, 2.24) is 4.90 Å². The van der Waals surface area contributed by atoms with E-state index in [0.717, 1.165) is 11.8 Å². The van der Waals surface area contributed by atoms with Crippen molar-refractivity contribution in [1.29, 1.82) is 0 Å². The van der Waals surface area contributed by atoms with Gasteiger partial charge in [0.1, 0.15) is 17.1 Å². The van der Waals surface area contributed by atoms with E-state index in [2.05, 4.69) is 0 Å². The SMILES string of the molecule is COC(=O)c1cc(CN(C)C(=O)CC2CC3CCC2C3)oc1C. The minimum atomic E-state index is -0.409. The molecular weight excluding hydrogens is 294 g/mol. The Kier molecular flexibility index (Phi) is 4.46. The molecule has 3 unspecified atom stereocenters. The fraction of sp³-hybridized carbons (Fsp3) is 0.667. The fourth-order valence-corrected chi connectivity index (χ4v) is 4.26. The number of methoxy groups -OCH3 is 1. The van der Waals surface area contributed by atoms with Gasteiger partial charge in [0, 0.05) is 13.5 Å². The van der Waals surface area contributed by atoms with E-state index in [-0.39, 0.29) is 5.91 Å². The number of rotatable bonds is 5. The van der Waals surface area contributed by atoms with Crippen LogP contribution in [0.1, 0.15) is 54.0 Å². The molecule has 0 aliphatic heterocycles. The van der Waals surface area contributed by atoms with Gasteiger partial charge in [0.25, 0.3) is 0 Å². The quantitative estimate of drug-likeness (QED) is 0.782. The number of fused-ring (bicyclic) bond motifs is 2. The summed E-state index contributed by atoms with van der Waals surface area (Å²) in [6.07, 6.45) is 5.83. The maximum absolute atomic E-state index is 12.5. The average Bonchev–Trinajstić information content (AvgIpc) is 3.22. The van der Waals surface area contributed by atoms with Gasteiger partial charge in [0.05, 0.1) is 13.7 Å². The van der Waals surface area contributed by atoms with Gasteiger partial charge in [0.2, 0.25) is 5.91 Å². The number of ether oxygens (including phenoxy) is 1. The Morgan fingerprint density at radius 2 is 2.13 bits per heavy atom. The van der Waals surface area contributed by atoms with Crippen LogP contribution in [0.3, 0.4) is 0 Å². The summed E-state index contributed by atoms with van der Waals surface area (Å²) in [6, 6.07) is 1.67. The molecule has 0 radical (unpaired) electrons. The molecule has 1 amide bonds. The van der Waals surface area contributed by atoms with Crippen LogP contribution in [0.2, 0.25) is 0 Å². The lowest BCUT2D eigenvalue weighted by molar-refractivity contribution is -0.132. The van der Waals surface area contributed by atoms with E-state index >= 15 is 0 Å². The second kappa shape index (κ2) is 6.38. The maximum Gasteiger partial charge on any atom is 0.341 e. The maximum atomic E-state index is 12.5. The van der Waals surface area contributed by atoms with Crippen molar-refractivity contribution in [3.8, 4) is 0 Å². The first-order chi connectivity index (χ1) is 11.0. The molecule has 126 valence electrons. The first-order valence-electron chi connectivity index (χ1n) is 8.39. The summed E-state index contributed by atoms with van der Waals surface area (Å²) in [7, 11) is 3.14. The van der Waals surface area contributed by atoms with E-state index in [0.29, 0.717) is 36.0 Å². The molecule has 2 saturated carbocycles. The molecule has 3 atom stereocenters. The average molecular weight is 319 g/mol. The third kappa shape index (κ3) is 3.28. The Hall–Kier alpha value is -1.78. The molecule has 2 aliphatic carbocycles. The molecule has 5 nitrogen and oxygen atoms in total. The Morgan fingerprint density at radius 1 is 1.35 bits per heavy atom. The summed E-state index contributed by atoms with van der Waals surface area (Å²) < 4.78 is 10.3. The lowest BCUT2D eigenvalue weighted by atomic mass is 9.86. The number of carbonyl (C=O) groups excluding carboxylic acids is 2. The highest BCUT2D eigenvalue weighted by atomic mass is 16.5. The van der Waals surface area contributed by atoms with Crippen LogP contribution in [-0.4, -0.2) is 30.9 Å². The monoisotopic (exact) mass is 319 g/mol. The van der Waals surface area contributed by atoms with Crippen molar-refractivity contribution in [3.63, 3.8) is 0 Å². The molecule has 2 bridgehead atoms. The highest BCUT2D eigenvalue weighted by molar-refractivity contribution is 5.90. The topological polar surface area (TPSA) is 59.8 Å². The second-order valence-electron chi connectivity index (χ2n) is 7.06. The lowest BCUT2D eigenvalue weighted by Crippen LogP contribution is -2.29. The van der Waals surface area contributed by atoms with E-state index in [1.165, 1.54) is 32.8 Å². The predicted molar refractivity (Wildman–Crippen MR) is 84.8 cm³/mol. The van der Waals surface area contributed by atoms with E-state index in [1.807, 2.05) is 0 Å². The van der Waals surface area contributed by atoms with Gasteiger partial charge in [-0.15, -0.1) is 0 Å². The zero-order valence-corrected chi connectivity index (χ0v) is 14.1. The summed E-state index contributed by atoms with van der Waals surface area (Å²) in [5.41, 5.74) is 0.427. The van der Waals surface area contributed by atoms with Crippen molar-refractivity contribution in [2.75, 3.05) is 14.2 Å². The summed E-state index contributed by atoms with van der Waals surface area (Å²) in [4.78, 5) is 25.8. The highest BCUT2D eigenvalue weighted by Crippen LogP contribution is 2.49. The van der Waals surface area contributed by atoms with Crippen LogP contribution >= 0.6 is 0 Å². The van der Waals surface area contributed by atoms with E-state index < -0.39 is 5.97 Å². The first kappa shape index (κ1) is 16.1. The minimum Gasteiger partial charge on any atom is -0.465 e. The van der Waals surface area contributed by atoms with E-state index in [4.69, 9.17) is 9.15 Å². The van der Waals surface area contributed by atoms with Crippen LogP contribution in [0.4, 0.5) is 0 Å². The summed E-state index contributed by atoms with van der Waals surface area (Å²) in [6.45, 7) is 2.12. The van der Waals surface area contributed by atoms with Crippen LogP contribution in [0.15, 0.2) is 10.5 Å². The molecular formula is C18H25NO4. The molecule has 0 aromatic carbocycles. The Balaban J connectivity index is 1.57. The molecule has 1 aromatic rings. The van der Waals surface area contributed by atoms with Crippen molar-refractivity contribution < 1.29 is 18.7 Å². The number of hydrogen-bond donors (Lipinski definition) is 0. The molecule has 2 fully saturated rings. The van der Waals surface area contributed by atoms with Crippen LogP contribution in [0.25, 0.3) is 0 Å². The van der Waals surface area contributed by atoms with Gasteiger partial charge in [-0.05, 0) is 50.0 Å². The lowest BCUT2D eigenvalue weighted by Gasteiger charge is -2.24. The van der Waals surface area contributed by atoms with Crippen molar-refractivity contribution in [2.24, 2.45) is 17.8 Å². The van der Waals surface area contributed by atoms with Crippen molar-refractivity contribution in [3.05, 3.63) is 23.2 Å². The number of carbonyl (C=O) groups is 2. The second-order valence-corrected chi connectivity index (χ2v) is 7.06. The number of hydrogen-bond acceptors (Lipinski definition) is 4. The molecule has 5 heteroatoms. The molecule has 1 heterocycles. The molecule has 1 aromatic heterocycles. The number of aryl methyl sites for hydroxylation is 1. The van der Waals surface area contributed by atoms with Gasteiger partial charge in [-0.2, -0.15) is 0 Å². The molecule has 3 rings (SSSR count). The smallest absolute Gasteiger partial charge is 0.341 e. The third-order valence-electron chi connectivity index (χ3n) is 5.51. The zero-order valence-electron chi connectivity index (χ0n) is 14.1. The molecule has 0 N–H and O–H groups in total. The molecule has 0 spiro atoms. The zero-order chi connectivity index (χ0) is 16.6. The van der Waals surface area contributed by atoms with E-state index in [9.17, 15) is 9.59 Å². The fourth-order valence-electron chi connectivity index (χ4n) is 4.26. The number of amides is 1. The number of furan rings is 1. The minimum absolute atomic E-state index is 0.163. The van der Waals surface area contributed by atoms with Crippen molar-refractivity contribution in [2.45, 2.75) is 45.6 Å². The van der Waals surface area contributed by atoms with Gasteiger partial charge in [0.15, 0.2) is 0 Å². The Morgan fingerprint density at radius 3 is 2.74 bits per heavy atom. The Labute approximate surface area is 137 Å². The van der Waals surface area contributed by atoms with Crippen LogP contribution in [-0.2, 0) is 16.1 Å². The predicted octanol–water partition coefficient (Wildman–Crippen LogP) is 3.16. The van der Waals surface area contributed by atoms with Crippen LogP contribution in [0, 0.1) is 24.7 Å². The van der Waals surface area contributed by atoms with Crippen molar-refractivity contribution >= 4 is 11.9 Å². The van der Waals surface area contributed by atoms with Gasteiger partial charge in [-0.3, -0.25) is 4.79 Å². The Bertz CT molecular complexity index is 606.